The summed E-state index contributed by atoms with van der Waals surface area (Å²) in [6, 6.07) is 5.15. The summed E-state index contributed by atoms with van der Waals surface area (Å²) in [7, 11) is 0. The molecule has 3 unspecified atom stereocenters. The topological polar surface area (TPSA) is 65.0 Å². The second-order valence-electron chi connectivity index (χ2n) is 6.20. The smallest absolute Gasteiger partial charge is 0.216 e. The number of anilines is 2. The van der Waals surface area contributed by atoms with Gasteiger partial charge in [0.05, 0.1) is 17.9 Å². The van der Waals surface area contributed by atoms with Crippen molar-refractivity contribution in [3.63, 3.8) is 0 Å². The second-order valence-corrected chi connectivity index (χ2v) is 8.54. The largest absolute Gasteiger partial charge is 0.390 e. The maximum absolute atomic E-state index is 14.7. The van der Waals surface area contributed by atoms with E-state index in [4.69, 9.17) is 4.74 Å². The molecule has 138 valence electrons. The third kappa shape index (κ3) is 4.30. The highest BCUT2D eigenvalue weighted by atomic mass is 127. The first kappa shape index (κ1) is 19.4. The third-order valence-corrected chi connectivity index (χ3v) is 6.85. The number of amides is 1. The fraction of sp³-hybridized carbons (Fsp3) is 0.562. The molecule has 1 aromatic carbocycles. The van der Waals surface area contributed by atoms with Gasteiger partial charge in [0, 0.05) is 32.2 Å². The van der Waals surface area contributed by atoms with Crippen molar-refractivity contribution in [2.24, 2.45) is 0 Å². The molecule has 1 aromatic rings. The van der Waals surface area contributed by atoms with Crippen molar-refractivity contribution in [3.8, 4) is 0 Å². The number of nitrogens with one attached hydrogen (secondary N) is 1. The minimum Gasteiger partial charge on any atom is -0.390 e. The van der Waals surface area contributed by atoms with E-state index in [0.29, 0.717) is 31.7 Å². The van der Waals surface area contributed by atoms with Crippen molar-refractivity contribution in [1.29, 1.82) is 0 Å². The zero-order chi connectivity index (χ0) is 18.1. The Morgan fingerprint density at radius 2 is 2.20 bits per heavy atom. The van der Waals surface area contributed by atoms with Gasteiger partial charge in [-0.1, -0.05) is 22.6 Å². The summed E-state index contributed by atoms with van der Waals surface area (Å²) in [5.41, 5.74) is 1.26. The maximum atomic E-state index is 14.7. The van der Waals surface area contributed by atoms with Crippen molar-refractivity contribution < 1.29 is 19.0 Å². The Balaban J connectivity index is 1.71. The molecule has 2 aliphatic heterocycles. The molecule has 9 heteroatoms. The van der Waals surface area contributed by atoms with Crippen LogP contribution in [-0.4, -0.2) is 51.1 Å². The van der Waals surface area contributed by atoms with E-state index >= 15 is 0 Å². The molecule has 3 rings (SSSR count). The van der Waals surface area contributed by atoms with Gasteiger partial charge in [-0.05, 0) is 47.2 Å². The molecule has 0 bridgehead atoms. The van der Waals surface area contributed by atoms with E-state index in [1.807, 2.05) is 15.9 Å². The number of hydrogen-bond donors (Lipinski definition) is 2. The molecule has 2 heterocycles. The van der Waals surface area contributed by atoms with E-state index in [1.54, 1.807) is 6.07 Å². The molecule has 4 atom stereocenters. The van der Waals surface area contributed by atoms with Crippen LogP contribution >= 0.6 is 45.2 Å². The zero-order valence-corrected chi connectivity index (χ0v) is 18.0. The van der Waals surface area contributed by atoms with Crippen molar-refractivity contribution in [2.75, 3.05) is 29.4 Å². The Morgan fingerprint density at radius 3 is 2.80 bits per heavy atom. The van der Waals surface area contributed by atoms with E-state index in [-0.39, 0.29) is 26.1 Å². The normalized spacial score (nSPS) is 29.3. The highest BCUT2D eigenvalue weighted by Gasteiger charge is 2.34. The number of halogens is 3. The molecule has 0 saturated carbocycles. The van der Waals surface area contributed by atoms with E-state index < -0.39 is 6.10 Å². The maximum Gasteiger partial charge on any atom is 0.216 e. The Bertz CT molecular complexity index is 651. The summed E-state index contributed by atoms with van der Waals surface area (Å²) in [6.07, 6.45) is 0.0935. The predicted octanol–water partition coefficient (Wildman–Crippen LogP) is 2.22. The molecule has 0 aromatic heterocycles. The summed E-state index contributed by atoms with van der Waals surface area (Å²) in [4.78, 5) is 14.9. The standard InChI is InChI=1S/C16H20FI2N3O3/c1-9(23)20-7-11-8-22(16(19)25-11)10-2-3-13(12(17)6-10)21-5-4-14(24)15(21)18/h2-3,6,11,14-16,24H,4-5,7-8H2,1H3,(H,20,23)/t11-,14?,15?,16?/m0/s1. The number of ether oxygens (including phenoxy) is 1. The monoisotopic (exact) mass is 575 g/mol. The number of carbonyl (C=O) groups is 1. The molecule has 0 radical (unpaired) electrons. The lowest BCUT2D eigenvalue weighted by atomic mass is 10.2. The van der Waals surface area contributed by atoms with Crippen LogP contribution in [-0.2, 0) is 9.53 Å². The number of aliphatic hydroxyl groups is 1. The first-order chi connectivity index (χ1) is 11.9. The van der Waals surface area contributed by atoms with Gasteiger partial charge in [-0.2, -0.15) is 0 Å². The van der Waals surface area contributed by atoms with E-state index in [1.165, 1.54) is 13.0 Å². The Morgan fingerprint density at radius 1 is 1.44 bits per heavy atom. The number of alkyl halides is 2. The number of aliphatic hydroxyl groups excluding tert-OH is 1. The summed E-state index contributed by atoms with van der Waals surface area (Å²) < 4.78 is 20.2. The van der Waals surface area contributed by atoms with Crippen LogP contribution in [0.4, 0.5) is 15.8 Å². The van der Waals surface area contributed by atoms with Crippen LogP contribution in [0.2, 0.25) is 0 Å². The van der Waals surface area contributed by atoms with Gasteiger partial charge in [-0.25, -0.2) is 4.39 Å². The zero-order valence-electron chi connectivity index (χ0n) is 13.7. The molecular formula is C16H20FI2N3O3. The fourth-order valence-electron chi connectivity index (χ4n) is 3.07. The average molecular weight is 575 g/mol. The minimum atomic E-state index is -0.431. The van der Waals surface area contributed by atoms with Crippen LogP contribution in [0.25, 0.3) is 0 Å². The van der Waals surface area contributed by atoms with Crippen molar-refractivity contribution in [3.05, 3.63) is 24.0 Å². The molecular weight excluding hydrogens is 555 g/mol. The number of hydrogen-bond acceptors (Lipinski definition) is 5. The average Bonchev–Trinajstić information content (AvgIpc) is 3.09. The molecule has 2 saturated heterocycles. The summed E-state index contributed by atoms with van der Waals surface area (Å²) >= 11 is 4.31. The van der Waals surface area contributed by atoms with Gasteiger partial charge >= 0.3 is 0 Å². The summed E-state index contributed by atoms with van der Waals surface area (Å²) in [5.74, 6) is -0.397. The van der Waals surface area contributed by atoms with Gasteiger partial charge < -0.3 is 25.0 Å². The minimum absolute atomic E-state index is 0.0939. The Hall–Kier alpha value is -0.400. The van der Waals surface area contributed by atoms with Crippen LogP contribution in [0.3, 0.4) is 0 Å². The van der Waals surface area contributed by atoms with Crippen LogP contribution < -0.4 is 15.1 Å². The van der Waals surface area contributed by atoms with Gasteiger partial charge in [0.1, 0.15) is 9.87 Å². The van der Waals surface area contributed by atoms with Crippen LogP contribution in [0.5, 0.6) is 0 Å². The molecule has 25 heavy (non-hydrogen) atoms. The quantitative estimate of drug-likeness (QED) is 0.328. The van der Waals surface area contributed by atoms with Crippen molar-refractivity contribution in [1.82, 2.24) is 5.32 Å². The fourth-order valence-corrected chi connectivity index (χ4v) is 4.97. The highest BCUT2D eigenvalue weighted by Crippen LogP contribution is 2.35. The SMILES string of the molecule is CC(=O)NC[C@H]1CN(c2ccc(N3CCC(O)C3I)c(F)c2)C(I)O1. The molecule has 2 fully saturated rings. The van der Waals surface area contributed by atoms with Crippen molar-refractivity contribution >= 4 is 62.5 Å². The first-order valence-corrected chi connectivity index (χ1v) is 10.5. The van der Waals surface area contributed by atoms with Crippen LogP contribution in [0.1, 0.15) is 13.3 Å². The molecule has 0 spiro atoms. The summed E-state index contributed by atoms with van der Waals surface area (Å²) in [5, 5.41) is 12.6. The summed E-state index contributed by atoms with van der Waals surface area (Å²) in [6.45, 7) is 3.14. The lowest BCUT2D eigenvalue weighted by Gasteiger charge is -2.26. The van der Waals surface area contributed by atoms with Gasteiger partial charge in [0.15, 0.2) is 4.23 Å². The van der Waals surface area contributed by atoms with Crippen LogP contribution in [0.15, 0.2) is 18.2 Å². The highest BCUT2D eigenvalue weighted by molar-refractivity contribution is 14.1. The molecule has 6 nitrogen and oxygen atoms in total. The van der Waals surface area contributed by atoms with Crippen LogP contribution in [0, 0.1) is 5.82 Å². The number of benzene rings is 1. The van der Waals surface area contributed by atoms with Gasteiger partial charge in [0.2, 0.25) is 5.91 Å². The lowest BCUT2D eigenvalue weighted by molar-refractivity contribution is -0.119. The number of nitrogens with zero attached hydrogens (tertiary/aromatic N) is 2. The lowest BCUT2D eigenvalue weighted by Crippen LogP contribution is -2.33. The molecule has 0 aliphatic carbocycles. The Kier molecular flexibility index (Phi) is 6.27. The predicted molar refractivity (Wildman–Crippen MR) is 111 cm³/mol. The van der Waals surface area contributed by atoms with E-state index in [2.05, 4.69) is 50.5 Å². The van der Waals surface area contributed by atoms with E-state index in [0.717, 1.165) is 5.69 Å². The number of rotatable bonds is 4. The second kappa shape index (κ2) is 8.09. The Labute approximate surface area is 173 Å². The first-order valence-electron chi connectivity index (χ1n) is 8.05. The third-order valence-electron chi connectivity index (χ3n) is 4.38. The number of carbonyl (C=O) groups excluding carboxylic acids is 1. The van der Waals surface area contributed by atoms with Gasteiger partial charge in [-0.3, -0.25) is 4.79 Å². The molecule has 2 aliphatic rings. The molecule has 2 N–H and O–H groups in total. The van der Waals surface area contributed by atoms with E-state index in [9.17, 15) is 14.3 Å². The molecule has 1 amide bonds. The van der Waals surface area contributed by atoms with Gasteiger partial charge in [-0.15, -0.1) is 0 Å². The van der Waals surface area contributed by atoms with Gasteiger partial charge in [0.25, 0.3) is 0 Å². The van der Waals surface area contributed by atoms with Crippen molar-refractivity contribution in [2.45, 2.75) is 33.8 Å².